The summed E-state index contributed by atoms with van der Waals surface area (Å²) in [5.74, 6) is -3.83. The largest absolute Gasteiger partial charge is 0.292 e. The Labute approximate surface area is 119 Å². The lowest BCUT2D eigenvalue weighted by Crippen LogP contribution is -2.15. The van der Waals surface area contributed by atoms with Crippen molar-refractivity contribution in [3.05, 3.63) is 70.2 Å². The van der Waals surface area contributed by atoms with E-state index in [2.05, 4.69) is 0 Å². The summed E-state index contributed by atoms with van der Waals surface area (Å²) in [5.41, 5.74) is -0.497. The van der Waals surface area contributed by atoms with Crippen molar-refractivity contribution in [1.82, 2.24) is 0 Å². The fourth-order valence-electron chi connectivity index (χ4n) is 1.86. The highest BCUT2D eigenvalue weighted by Gasteiger charge is 2.28. The number of halogens is 3. The average molecular weight is 292 g/mol. The lowest BCUT2D eigenvalue weighted by Gasteiger charge is -2.11. The van der Waals surface area contributed by atoms with Crippen LogP contribution < -0.4 is 0 Å². The molecule has 1 unspecified atom stereocenters. The van der Waals surface area contributed by atoms with E-state index >= 15 is 0 Å². The van der Waals surface area contributed by atoms with E-state index in [1.54, 1.807) is 6.07 Å². The summed E-state index contributed by atoms with van der Waals surface area (Å²) < 4.78 is 27.4. The van der Waals surface area contributed by atoms with Crippen molar-refractivity contribution in [2.45, 2.75) is 5.92 Å². The van der Waals surface area contributed by atoms with Gasteiger partial charge in [0.15, 0.2) is 5.78 Å². The topological polar surface area (TPSA) is 40.9 Å². The summed E-state index contributed by atoms with van der Waals surface area (Å²) in [6.07, 6.45) is 0. The lowest BCUT2D eigenvalue weighted by molar-refractivity contribution is 0.0973. The van der Waals surface area contributed by atoms with Crippen LogP contribution in [0.15, 0.2) is 42.5 Å². The van der Waals surface area contributed by atoms with Crippen molar-refractivity contribution in [1.29, 1.82) is 5.26 Å². The molecule has 2 nitrogen and oxygen atoms in total. The maximum Gasteiger partial charge on any atom is 0.189 e. The van der Waals surface area contributed by atoms with Crippen molar-refractivity contribution in [3.63, 3.8) is 0 Å². The number of carbonyl (C=O) groups excluding carboxylic acids is 1. The smallest absolute Gasteiger partial charge is 0.189 e. The third-order valence-corrected chi connectivity index (χ3v) is 3.13. The molecule has 0 aromatic heterocycles. The SMILES string of the molecule is N#CC(C(=O)c1c(F)cccc1Cl)c1ccccc1F. The molecule has 0 bridgehead atoms. The van der Waals surface area contributed by atoms with Gasteiger partial charge in [-0.25, -0.2) is 8.78 Å². The van der Waals surface area contributed by atoms with Crippen LogP contribution in [0.2, 0.25) is 5.02 Å². The van der Waals surface area contributed by atoms with Crippen LogP contribution in [0.3, 0.4) is 0 Å². The monoisotopic (exact) mass is 291 g/mol. The number of carbonyl (C=O) groups is 1. The standard InChI is InChI=1S/C15H8ClF2NO/c16-11-5-3-7-13(18)14(11)15(20)10(8-19)9-4-1-2-6-12(9)17/h1-7,10H. The third kappa shape index (κ3) is 2.54. The van der Waals surface area contributed by atoms with Crippen LogP contribution in [0.5, 0.6) is 0 Å². The number of ketones is 1. The first-order chi connectivity index (χ1) is 9.56. The van der Waals surface area contributed by atoms with Gasteiger partial charge in [0.1, 0.15) is 17.6 Å². The van der Waals surface area contributed by atoms with Gasteiger partial charge in [-0.3, -0.25) is 4.79 Å². The molecule has 0 aliphatic heterocycles. The summed E-state index contributed by atoms with van der Waals surface area (Å²) in [4.78, 5) is 12.3. The molecule has 0 radical (unpaired) electrons. The van der Waals surface area contributed by atoms with Gasteiger partial charge >= 0.3 is 0 Å². The van der Waals surface area contributed by atoms with Gasteiger partial charge in [-0.1, -0.05) is 35.9 Å². The van der Waals surface area contributed by atoms with Gasteiger partial charge in [0.05, 0.1) is 16.7 Å². The molecule has 0 spiro atoms. The van der Waals surface area contributed by atoms with Gasteiger partial charge in [-0.15, -0.1) is 0 Å². The van der Waals surface area contributed by atoms with Crippen LogP contribution in [0, 0.1) is 23.0 Å². The van der Waals surface area contributed by atoms with E-state index in [-0.39, 0.29) is 10.6 Å². The molecule has 0 saturated heterocycles. The Morgan fingerprint density at radius 3 is 2.35 bits per heavy atom. The first kappa shape index (κ1) is 14.2. The van der Waals surface area contributed by atoms with E-state index < -0.39 is 28.9 Å². The lowest BCUT2D eigenvalue weighted by atomic mass is 9.91. The fraction of sp³-hybridized carbons (Fsp3) is 0.0667. The van der Waals surface area contributed by atoms with Crippen molar-refractivity contribution >= 4 is 17.4 Å². The molecular weight excluding hydrogens is 284 g/mol. The highest BCUT2D eigenvalue weighted by Crippen LogP contribution is 2.28. The van der Waals surface area contributed by atoms with Gasteiger partial charge in [-0.2, -0.15) is 5.26 Å². The molecule has 2 aromatic rings. The fourth-order valence-corrected chi connectivity index (χ4v) is 2.11. The molecule has 20 heavy (non-hydrogen) atoms. The zero-order chi connectivity index (χ0) is 14.7. The maximum absolute atomic E-state index is 13.7. The first-order valence-corrected chi connectivity index (χ1v) is 6.06. The Hall–Kier alpha value is -2.25. The van der Waals surface area contributed by atoms with E-state index in [1.165, 1.54) is 30.3 Å². The normalized spacial score (nSPS) is 11.7. The maximum atomic E-state index is 13.7. The summed E-state index contributed by atoms with van der Waals surface area (Å²) in [7, 11) is 0. The van der Waals surface area contributed by atoms with Crippen LogP contribution in [-0.4, -0.2) is 5.78 Å². The van der Waals surface area contributed by atoms with E-state index in [4.69, 9.17) is 16.9 Å². The van der Waals surface area contributed by atoms with Gasteiger partial charge < -0.3 is 0 Å². The summed E-state index contributed by atoms with van der Waals surface area (Å²) in [5, 5.41) is 9.01. The first-order valence-electron chi connectivity index (χ1n) is 5.68. The molecule has 2 aromatic carbocycles. The predicted molar refractivity (Wildman–Crippen MR) is 70.5 cm³/mol. The minimum Gasteiger partial charge on any atom is -0.292 e. The van der Waals surface area contributed by atoms with Crippen molar-refractivity contribution < 1.29 is 13.6 Å². The van der Waals surface area contributed by atoms with Gasteiger partial charge in [0.2, 0.25) is 0 Å². The molecule has 100 valence electrons. The van der Waals surface area contributed by atoms with Crippen molar-refractivity contribution in [2.24, 2.45) is 0 Å². The van der Waals surface area contributed by atoms with E-state index in [0.717, 1.165) is 12.1 Å². The number of nitrogens with zero attached hydrogens (tertiary/aromatic N) is 1. The molecule has 0 N–H and O–H groups in total. The highest BCUT2D eigenvalue weighted by atomic mass is 35.5. The zero-order valence-corrected chi connectivity index (χ0v) is 10.9. The van der Waals surface area contributed by atoms with E-state index in [0.29, 0.717) is 0 Å². The zero-order valence-electron chi connectivity index (χ0n) is 10.1. The molecule has 0 heterocycles. The highest BCUT2D eigenvalue weighted by molar-refractivity contribution is 6.34. The molecule has 0 amide bonds. The Morgan fingerprint density at radius 2 is 1.75 bits per heavy atom. The van der Waals surface area contributed by atoms with Crippen molar-refractivity contribution in [2.75, 3.05) is 0 Å². The second-order valence-corrected chi connectivity index (χ2v) is 4.45. The molecule has 0 aliphatic rings. The molecule has 1 atom stereocenters. The predicted octanol–water partition coefficient (Wildman–Crippen LogP) is 4.11. The second-order valence-electron chi connectivity index (χ2n) is 4.04. The Balaban J connectivity index is 2.52. The Kier molecular flexibility index (Phi) is 4.11. The summed E-state index contributed by atoms with van der Waals surface area (Å²) in [6, 6.07) is 10.8. The quantitative estimate of drug-likeness (QED) is 0.799. The van der Waals surface area contributed by atoms with Crippen LogP contribution >= 0.6 is 11.6 Å². The molecule has 5 heteroatoms. The number of hydrogen-bond acceptors (Lipinski definition) is 2. The minimum absolute atomic E-state index is 0.0979. The van der Waals surface area contributed by atoms with Gasteiger partial charge in [0, 0.05) is 5.56 Å². The second kappa shape index (κ2) is 5.81. The number of hydrogen-bond donors (Lipinski definition) is 0. The number of benzene rings is 2. The number of nitriles is 1. The van der Waals surface area contributed by atoms with E-state index in [9.17, 15) is 13.6 Å². The van der Waals surface area contributed by atoms with Gasteiger partial charge in [0.25, 0.3) is 0 Å². The molecular formula is C15H8ClF2NO. The summed E-state index contributed by atoms with van der Waals surface area (Å²) in [6.45, 7) is 0. The van der Waals surface area contributed by atoms with Crippen LogP contribution in [0.4, 0.5) is 8.78 Å². The van der Waals surface area contributed by atoms with Crippen molar-refractivity contribution in [3.8, 4) is 6.07 Å². The Bertz CT molecular complexity index is 689. The van der Waals surface area contributed by atoms with Crippen LogP contribution in [0.1, 0.15) is 21.8 Å². The molecule has 0 saturated carbocycles. The summed E-state index contributed by atoms with van der Waals surface area (Å²) >= 11 is 5.79. The number of Topliss-reactive ketones (excluding diaryl/α,β-unsaturated/α-hetero) is 1. The van der Waals surface area contributed by atoms with Crippen LogP contribution in [-0.2, 0) is 0 Å². The molecule has 0 aliphatic carbocycles. The average Bonchev–Trinajstić information content (AvgIpc) is 2.41. The van der Waals surface area contributed by atoms with E-state index in [1.807, 2.05) is 0 Å². The van der Waals surface area contributed by atoms with Gasteiger partial charge in [-0.05, 0) is 18.2 Å². The third-order valence-electron chi connectivity index (χ3n) is 2.82. The number of rotatable bonds is 3. The molecule has 0 fully saturated rings. The minimum atomic E-state index is -1.44. The molecule has 2 rings (SSSR count). The van der Waals surface area contributed by atoms with Crippen LogP contribution in [0.25, 0.3) is 0 Å². The Morgan fingerprint density at radius 1 is 1.10 bits per heavy atom.